The first-order valence-corrected chi connectivity index (χ1v) is 2.88. The first kappa shape index (κ1) is 7.54. The van der Waals surface area contributed by atoms with Gasteiger partial charge in [-0.3, -0.25) is 0 Å². The van der Waals surface area contributed by atoms with Crippen LogP contribution in [0.3, 0.4) is 0 Å². The Kier molecular flexibility index (Phi) is 3.33. The van der Waals surface area contributed by atoms with Gasteiger partial charge in [-0.2, -0.15) is 0 Å². The highest BCUT2D eigenvalue weighted by molar-refractivity contribution is 4.82. The molecule has 0 saturated heterocycles. The topological polar surface area (TPSA) is 9.23 Å². The molecule has 0 N–H and O–H groups in total. The molecule has 0 unspecified atom stereocenters. The van der Waals surface area contributed by atoms with E-state index in [2.05, 4.69) is 20.4 Å². The van der Waals surface area contributed by atoms with Crippen molar-refractivity contribution in [3.8, 4) is 0 Å². The lowest BCUT2D eigenvalue weighted by molar-refractivity contribution is 0.267. The van der Waals surface area contributed by atoms with E-state index in [4.69, 9.17) is 4.74 Å². The van der Waals surface area contributed by atoms with Crippen molar-refractivity contribution in [1.82, 2.24) is 0 Å². The van der Waals surface area contributed by atoms with Crippen molar-refractivity contribution in [2.45, 2.75) is 20.3 Å². The SMILES string of the molecule is C=C(CC(C)C)OC. The van der Waals surface area contributed by atoms with Crippen LogP contribution in [0.5, 0.6) is 0 Å². The van der Waals surface area contributed by atoms with Gasteiger partial charge in [-0.15, -0.1) is 0 Å². The first-order chi connectivity index (χ1) is 3.66. The van der Waals surface area contributed by atoms with Crippen LogP contribution >= 0.6 is 0 Å². The summed E-state index contributed by atoms with van der Waals surface area (Å²) in [7, 11) is 1.66. The predicted molar refractivity (Wildman–Crippen MR) is 35.6 cm³/mol. The molecule has 0 aliphatic heterocycles. The minimum absolute atomic E-state index is 0.655. The summed E-state index contributed by atoms with van der Waals surface area (Å²) in [5.74, 6) is 1.53. The van der Waals surface area contributed by atoms with Crippen LogP contribution in [-0.2, 0) is 4.74 Å². The normalized spacial score (nSPS) is 9.50. The Morgan fingerprint density at radius 2 is 2.12 bits per heavy atom. The van der Waals surface area contributed by atoms with Crippen molar-refractivity contribution in [2.24, 2.45) is 5.92 Å². The molecule has 0 aliphatic rings. The molecule has 0 atom stereocenters. The van der Waals surface area contributed by atoms with Gasteiger partial charge in [0.2, 0.25) is 0 Å². The van der Waals surface area contributed by atoms with Gasteiger partial charge in [-0.05, 0) is 5.92 Å². The van der Waals surface area contributed by atoms with Gasteiger partial charge in [-0.25, -0.2) is 0 Å². The van der Waals surface area contributed by atoms with Crippen molar-refractivity contribution in [2.75, 3.05) is 7.11 Å². The van der Waals surface area contributed by atoms with Gasteiger partial charge in [0.05, 0.1) is 12.9 Å². The van der Waals surface area contributed by atoms with Crippen LogP contribution in [0, 0.1) is 5.92 Å². The van der Waals surface area contributed by atoms with Crippen molar-refractivity contribution in [3.63, 3.8) is 0 Å². The minimum atomic E-state index is 0.655. The number of allylic oxidation sites excluding steroid dienone is 1. The fourth-order valence-electron chi connectivity index (χ4n) is 0.539. The quantitative estimate of drug-likeness (QED) is 0.511. The summed E-state index contributed by atoms with van der Waals surface area (Å²) in [5.41, 5.74) is 0. The lowest BCUT2D eigenvalue weighted by Crippen LogP contribution is -1.91. The smallest absolute Gasteiger partial charge is 0.0886 e. The molecule has 0 heterocycles. The fourth-order valence-corrected chi connectivity index (χ4v) is 0.539. The molecule has 48 valence electrons. The van der Waals surface area contributed by atoms with Gasteiger partial charge in [0.1, 0.15) is 0 Å². The molecule has 0 aromatic carbocycles. The lowest BCUT2D eigenvalue weighted by Gasteiger charge is -2.05. The molecule has 0 saturated carbocycles. The predicted octanol–water partition coefficient (Wildman–Crippen LogP) is 2.19. The van der Waals surface area contributed by atoms with E-state index in [0.29, 0.717) is 5.92 Å². The second-order valence-corrected chi connectivity index (χ2v) is 2.34. The van der Waals surface area contributed by atoms with E-state index < -0.39 is 0 Å². The largest absolute Gasteiger partial charge is 0.502 e. The zero-order valence-electron chi connectivity index (χ0n) is 5.90. The highest BCUT2D eigenvalue weighted by Crippen LogP contribution is 2.07. The maximum Gasteiger partial charge on any atom is 0.0886 e. The molecule has 0 amide bonds. The number of hydrogen-bond acceptors (Lipinski definition) is 1. The molecule has 0 rings (SSSR count). The first-order valence-electron chi connectivity index (χ1n) is 2.88. The highest BCUT2D eigenvalue weighted by Gasteiger charge is 1.95. The summed E-state index contributed by atoms with van der Waals surface area (Å²) in [4.78, 5) is 0. The highest BCUT2D eigenvalue weighted by atomic mass is 16.5. The second-order valence-electron chi connectivity index (χ2n) is 2.34. The Morgan fingerprint density at radius 1 is 1.62 bits per heavy atom. The Balaban J connectivity index is 3.25. The average molecular weight is 114 g/mol. The van der Waals surface area contributed by atoms with Crippen LogP contribution in [0.15, 0.2) is 12.3 Å². The standard InChI is InChI=1S/C7H14O/c1-6(2)5-7(3)8-4/h6H,3,5H2,1-2,4H3. The van der Waals surface area contributed by atoms with E-state index in [9.17, 15) is 0 Å². The molecule has 0 aliphatic carbocycles. The van der Waals surface area contributed by atoms with Crippen LogP contribution in [-0.4, -0.2) is 7.11 Å². The Bertz CT molecular complexity index is 74.5. The van der Waals surface area contributed by atoms with Crippen molar-refractivity contribution in [3.05, 3.63) is 12.3 Å². The monoisotopic (exact) mass is 114 g/mol. The van der Waals surface area contributed by atoms with Gasteiger partial charge >= 0.3 is 0 Å². The number of ether oxygens (including phenoxy) is 1. The van der Waals surface area contributed by atoms with Gasteiger partial charge in [0.15, 0.2) is 0 Å². The molecular weight excluding hydrogens is 100 g/mol. The summed E-state index contributed by atoms with van der Waals surface area (Å²) in [6.07, 6.45) is 0.969. The summed E-state index contributed by atoms with van der Waals surface area (Å²) < 4.78 is 4.87. The number of rotatable bonds is 3. The van der Waals surface area contributed by atoms with Crippen LogP contribution in [0.2, 0.25) is 0 Å². The van der Waals surface area contributed by atoms with Gasteiger partial charge in [-0.1, -0.05) is 20.4 Å². The van der Waals surface area contributed by atoms with Crippen molar-refractivity contribution in [1.29, 1.82) is 0 Å². The zero-order chi connectivity index (χ0) is 6.57. The maximum absolute atomic E-state index is 4.87. The van der Waals surface area contributed by atoms with Crippen LogP contribution < -0.4 is 0 Å². The summed E-state index contributed by atoms with van der Waals surface area (Å²) in [6.45, 7) is 7.98. The number of hydrogen-bond donors (Lipinski definition) is 0. The van der Waals surface area contributed by atoms with Crippen molar-refractivity contribution < 1.29 is 4.74 Å². The molecule has 0 fully saturated rings. The van der Waals surface area contributed by atoms with Crippen molar-refractivity contribution >= 4 is 0 Å². The third-order valence-corrected chi connectivity index (χ3v) is 0.925. The van der Waals surface area contributed by atoms with Gasteiger partial charge < -0.3 is 4.74 Å². The Labute approximate surface area is 51.4 Å². The molecule has 1 nitrogen and oxygen atoms in total. The van der Waals surface area contributed by atoms with E-state index >= 15 is 0 Å². The van der Waals surface area contributed by atoms with E-state index in [1.807, 2.05) is 0 Å². The van der Waals surface area contributed by atoms with Crippen LogP contribution in [0.25, 0.3) is 0 Å². The number of methoxy groups -OCH3 is 1. The van der Waals surface area contributed by atoms with E-state index in [1.54, 1.807) is 7.11 Å². The third-order valence-electron chi connectivity index (χ3n) is 0.925. The molecule has 0 aromatic heterocycles. The molecule has 1 heteroatoms. The molecule has 8 heavy (non-hydrogen) atoms. The molecule has 0 radical (unpaired) electrons. The third kappa shape index (κ3) is 3.72. The lowest BCUT2D eigenvalue weighted by atomic mass is 10.1. The summed E-state index contributed by atoms with van der Waals surface area (Å²) in [5, 5.41) is 0. The molecule has 0 bridgehead atoms. The molecule has 0 aromatic rings. The van der Waals surface area contributed by atoms with Gasteiger partial charge in [0.25, 0.3) is 0 Å². The van der Waals surface area contributed by atoms with Crippen LogP contribution in [0.4, 0.5) is 0 Å². The van der Waals surface area contributed by atoms with Crippen LogP contribution in [0.1, 0.15) is 20.3 Å². The van der Waals surface area contributed by atoms with E-state index in [-0.39, 0.29) is 0 Å². The minimum Gasteiger partial charge on any atom is -0.502 e. The second kappa shape index (κ2) is 3.53. The van der Waals surface area contributed by atoms with Gasteiger partial charge in [0, 0.05) is 6.42 Å². The maximum atomic E-state index is 4.87. The summed E-state index contributed by atoms with van der Waals surface area (Å²) >= 11 is 0. The zero-order valence-corrected chi connectivity index (χ0v) is 5.90. The Hall–Kier alpha value is -0.460. The average Bonchev–Trinajstić information content (AvgIpc) is 1.65. The molecule has 0 spiro atoms. The molecular formula is C7H14O. The van der Waals surface area contributed by atoms with E-state index in [0.717, 1.165) is 12.2 Å². The fraction of sp³-hybridized carbons (Fsp3) is 0.714. The Morgan fingerprint density at radius 3 is 2.25 bits per heavy atom. The summed E-state index contributed by atoms with van der Waals surface area (Å²) in [6, 6.07) is 0. The van der Waals surface area contributed by atoms with E-state index in [1.165, 1.54) is 0 Å².